The van der Waals surface area contributed by atoms with Gasteiger partial charge in [0, 0.05) is 16.7 Å². The van der Waals surface area contributed by atoms with E-state index in [-0.39, 0.29) is 12.5 Å². The maximum Gasteiger partial charge on any atom is 0.331 e. The van der Waals surface area contributed by atoms with Crippen LogP contribution in [0.4, 0.5) is 0 Å². The fourth-order valence-corrected chi connectivity index (χ4v) is 2.25. The standard InChI is InChI=1S/C19H15ClN2O4/c1-24-16-4-2-3-13(11-16)5-10-18(23)25-12-17-21-19(22-26-17)14-6-8-15(20)9-7-14/h2-11H,12H2,1H3/b10-5+. The first-order chi connectivity index (χ1) is 12.6. The molecule has 0 N–H and O–H groups in total. The molecule has 0 radical (unpaired) electrons. The van der Waals surface area contributed by atoms with Crippen LogP contribution in [0.1, 0.15) is 11.5 Å². The minimum atomic E-state index is -0.515. The molecule has 0 aliphatic carbocycles. The summed E-state index contributed by atoms with van der Waals surface area (Å²) < 4.78 is 15.3. The average Bonchev–Trinajstić information content (AvgIpc) is 3.14. The van der Waals surface area contributed by atoms with E-state index in [0.29, 0.717) is 16.6 Å². The van der Waals surface area contributed by atoms with Gasteiger partial charge in [-0.15, -0.1) is 0 Å². The number of aromatic nitrogens is 2. The van der Waals surface area contributed by atoms with Crippen molar-refractivity contribution >= 4 is 23.6 Å². The smallest absolute Gasteiger partial charge is 0.331 e. The first kappa shape index (κ1) is 17.7. The Morgan fingerprint density at radius 1 is 1.23 bits per heavy atom. The van der Waals surface area contributed by atoms with Crippen molar-refractivity contribution in [3.05, 3.63) is 71.1 Å². The molecule has 0 saturated carbocycles. The SMILES string of the molecule is COc1cccc(/C=C/C(=O)OCc2nc(-c3ccc(Cl)cc3)no2)c1. The molecule has 7 heteroatoms. The summed E-state index contributed by atoms with van der Waals surface area (Å²) >= 11 is 5.84. The van der Waals surface area contributed by atoms with Gasteiger partial charge in [0.1, 0.15) is 5.75 Å². The second-order valence-electron chi connectivity index (χ2n) is 5.24. The fraction of sp³-hybridized carbons (Fsp3) is 0.105. The van der Waals surface area contributed by atoms with Gasteiger partial charge >= 0.3 is 5.97 Å². The molecule has 0 saturated heterocycles. The average molecular weight is 371 g/mol. The zero-order valence-corrected chi connectivity index (χ0v) is 14.6. The molecule has 26 heavy (non-hydrogen) atoms. The molecule has 132 valence electrons. The second kappa shape index (κ2) is 8.31. The van der Waals surface area contributed by atoms with Crippen LogP contribution in [0.5, 0.6) is 5.75 Å². The van der Waals surface area contributed by atoms with Crippen LogP contribution in [-0.2, 0) is 16.1 Å². The Morgan fingerprint density at radius 3 is 2.81 bits per heavy atom. The number of halogens is 1. The third-order valence-electron chi connectivity index (χ3n) is 3.41. The Morgan fingerprint density at radius 2 is 2.04 bits per heavy atom. The van der Waals surface area contributed by atoms with Gasteiger partial charge in [-0.2, -0.15) is 4.98 Å². The van der Waals surface area contributed by atoms with Gasteiger partial charge in [0.2, 0.25) is 5.82 Å². The largest absolute Gasteiger partial charge is 0.497 e. The highest BCUT2D eigenvalue weighted by Gasteiger charge is 2.10. The van der Waals surface area contributed by atoms with Crippen molar-refractivity contribution in [2.45, 2.75) is 6.61 Å². The Labute approximate surface area is 155 Å². The van der Waals surface area contributed by atoms with Crippen molar-refractivity contribution in [1.82, 2.24) is 10.1 Å². The highest BCUT2D eigenvalue weighted by molar-refractivity contribution is 6.30. The molecule has 0 atom stereocenters. The normalized spacial score (nSPS) is 10.8. The number of carbonyl (C=O) groups is 1. The molecule has 0 bridgehead atoms. The zero-order valence-electron chi connectivity index (χ0n) is 13.9. The number of benzene rings is 2. The summed E-state index contributed by atoms with van der Waals surface area (Å²) in [7, 11) is 1.58. The minimum Gasteiger partial charge on any atom is -0.497 e. The summed E-state index contributed by atoms with van der Waals surface area (Å²) in [6, 6.07) is 14.3. The summed E-state index contributed by atoms with van der Waals surface area (Å²) in [5.41, 5.74) is 1.58. The van der Waals surface area contributed by atoms with Gasteiger partial charge in [-0.3, -0.25) is 0 Å². The van der Waals surface area contributed by atoms with Crippen LogP contribution in [0.3, 0.4) is 0 Å². The van der Waals surface area contributed by atoms with Gasteiger partial charge in [-0.05, 0) is 48.0 Å². The first-order valence-corrected chi connectivity index (χ1v) is 8.09. The fourth-order valence-electron chi connectivity index (χ4n) is 2.12. The molecular formula is C19H15ClN2O4. The number of rotatable bonds is 6. The van der Waals surface area contributed by atoms with Gasteiger partial charge in [0.05, 0.1) is 7.11 Å². The predicted octanol–water partition coefficient (Wildman–Crippen LogP) is 4.16. The van der Waals surface area contributed by atoms with Crippen molar-refractivity contribution in [1.29, 1.82) is 0 Å². The molecule has 0 fully saturated rings. The molecular weight excluding hydrogens is 356 g/mol. The van der Waals surface area contributed by atoms with E-state index in [9.17, 15) is 4.79 Å². The number of hydrogen-bond donors (Lipinski definition) is 0. The van der Waals surface area contributed by atoms with Crippen LogP contribution in [0.15, 0.2) is 59.1 Å². The zero-order chi connectivity index (χ0) is 18.4. The van der Waals surface area contributed by atoms with E-state index in [1.807, 2.05) is 18.2 Å². The Bertz CT molecular complexity index is 919. The number of esters is 1. The molecule has 0 aliphatic rings. The van der Waals surface area contributed by atoms with Gasteiger partial charge in [-0.25, -0.2) is 4.79 Å². The van der Waals surface area contributed by atoms with E-state index in [4.69, 9.17) is 25.6 Å². The molecule has 3 aromatic rings. The highest BCUT2D eigenvalue weighted by Crippen LogP contribution is 2.19. The van der Waals surface area contributed by atoms with Crippen LogP contribution >= 0.6 is 11.6 Å². The van der Waals surface area contributed by atoms with E-state index >= 15 is 0 Å². The Balaban J connectivity index is 1.56. The van der Waals surface area contributed by atoms with Gasteiger partial charge in [0.25, 0.3) is 5.89 Å². The number of ether oxygens (including phenoxy) is 2. The van der Waals surface area contributed by atoms with E-state index in [1.54, 1.807) is 43.5 Å². The first-order valence-electron chi connectivity index (χ1n) is 7.71. The topological polar surface area (TPSA) is 74.5 Å². The second-order valence-corrected chi connectivity index (χ2v) is 5.67. The Kier molecular flexibility index (Phi) is 5.66. The third kappa shape index (κ3) is 4.70. The predicted molar refractivity (Wildman–Crippen MR) is 96.6 cm³/mol. The molecule has 0 amide bonds. The monoisotopic (exact) mass is 370 g/mol. The quantitative estimate of drug-likeness (QED) is 0.479. The number of carbonyl (C=O) groups excluding carboxylic acids is 1. The third-order valence-corrected chi connectivity index (χ3v) is 3.67. The number of nitrogens with zero attached hydrogens (tertiary/aromatic N) is 2. The van der Waals surface area contributed by atoms with Crippen molar-refractivity contribution < 1.29 is 18.8 Å². The molecule has 0 spiro atoms. The highest BCUT2D eigenvalue weighted by atomic mass is 35.5. The van der Waals surface area contributed by atoms with Gasteiger partial charge < -0.3 is 14.0 Å². The van der Waals surface area contributed by atoms with Crippen LogP contribution < -0.4 is 4.74 Å². The minimum absolute atomic E-state index is 0.109. The van der Waals surface area contributed by atoms with E-state index in [2.05, 4.69) is 10.1 Å². The molecule has 0 unspecified atom stereocenters. The summed E-state index contributed by atoms with van der Waals surface area (Å²) in [6.07, 6.45) is 2.96. The molecule has 6 nitrogen and oxygen atoms in total. The number of hydrogen-bond acceptors (Lipinski definition) is 6. The summed E-state index contributed by atoms with van der Waals surface area (Å²) in [5, 5.41) is 4.47. The molecule has 1 heterocycles. The van der Waals surface area contributed by atoms with Crippen LogP contribution in [0.2, 0.25) is 5.02 Å². The van der Waals surface area contributed by atoms with Crippen LogP contribution in [-0.4, -0.2) is 23.2 Å². The lowest BCUT2D eigenvalue weighted by atomic mass is 10.2. The van der Waals surface area contributed by atoms with Crippen molar-refractivity contribution in [3.8, 4) is 17.1 Å². The maximum atomic E-state index is 11.8. The van der Waals surface area contributed by atoms with E-state index in [0.717, 1.165) is 11.1 Å². The van der Waals surface area contributed by atoms with Crippen LogP contribution in [0, 0.1) is 0 Å². The lowest BCUT2D eigenvalue weighted by molar-refractivity contribution is -0.139. The molecule has 3 rings (SSSR count). The lowest BCUT2D eigenvalue weighted by Crippen LogP contribution is -2.01. The van der Waals surface area contributed by atoms with Crippen molar-refractivity contribution in [3.63, 3.8) is 0 Å². The van der Waals surface area contributed by atoms with Crippen LogP contribution in [0.25, 0.3) is 17.5 Å². The van der Waals surface area contributed by atoms with Crippen molar-refractivity contribution in [2.24, 2.45) is 0 Å². The molecule has 2 aromatic carbocycles. The van der Waals surface area contributed by atoms with Gasteiger partial charge in [0.15, 0.2) is 6.61 Å². The van der Waals surface area contributed by atoms with E-state index in [1.165, 1.54) is 6.08 Å². The van der Waals surface area contributed by atoms with Gasteiger partial charge in [-0.1, -0.05) is 28.9 Å². The summed E-state index contributed by atoms with van der Waals surface area (Å²) in [6.45, 7) is -0.109. The molecule has 0 aliphatic heterocycles. The summed E-state index contributed by atoms with van der Waals surface area (Å²) in [5.74, 6) is 0.804. The lowest BCUT2D eigenvalue weighted by Gasteiger charge is -2.00. The summed E-state index contributed by atoms with van der Waals surface area (Å²) in [4.78, 5) is 16.0. The van der Waals surface area contributed by atoms with E-state index < -0.39 is 5.97 Å². The maximum absolute atomic E-state index is 11.8. The van der Waals surface area contributed by atoms with Crippen molar-refractivity contribution in [2.75, 3.05) is 7.11 Å². The molecule has 1 aromatic heterocycles. The number of methoxy groups -OCH3 is 1. The Hall–Kier alpha value is -3.12.